The second-order valence-corrected chi connectivity index (χ2v) is 11.0. The SMILES string of the molecule is CCc1c(F)ccc2cc(OCOC)cc(-c3ncc4c(N5CC6CC(C5)C(OCOC)C6)nc(Cl)nc4c3F)c12. The van der Waals surface area contributed by atoms with Gasteiger partial charge in [-0.3, -0.25) is 4.98 Å². The monoisotopic (exact) mass is 584 g/mol. The molecule has 6 rings (SSSR count). The van der Waals surface area contributed by atoms with Gasteiger partial charge in [0, 0.05) is 45.0 Å². The van der Waals surface area contributed by atoms with Crippen molar-refractivity contribution in [2.24, 2.45) is 11.8 Å². The Morgan fingerprint density at radius 1 is 1.05 bits per heavy atom. The lowest BCUT2D eigenvalue weighted by molar-refractivity contribution is -0.0819. The molecule has 3 unspecified atom stereocenters. The van der Waals surface area contributed by atoms with Crippen molar-refractivity contribution in [3.8, 4) is 17.0 Å². The second kappa shape index (κ2) is 11.6. The molecule has 41 heavy (non-hydrogen) atoms. The van der Waals surface area contributed by atoms with Crippen LogP contribution >= 0.6 is 11.6 Å². The summed E-state index contributed by atoms with van der Waals surface area (Å²) in [6.45, 7) is 3.56. The number of fused-ring (bicyclic) bond motifs is 4. The average Bonchev–Trinajstić information content (AvgIpc) is 3.26. The number of piperidine rings is 1. The molecule has 0 N–H and O–H groups in total. The number of aryl methyl sites for hydroxylation is 1. The average molecular weight is 585 g/mol. The van der Waals surface area contributed by atoms with Crippen molar-refractivity contribution in [1.29, 1.82) is 0 Å². The van der Waals surface area contributed by atoms with Crippen LogP contribution in [-0.4, -0.2) is 62.0 Å². The topological polar surface area (TPSA) is 78.8 Å². The molecule has 1 saturated carbocycles. The number of halogens is 3. The summed E-state index contributed by atoms with van der Waals surface area (Å²) in [7, 11) is 3.13. The van der Waals surface area contributed by atoms with Crippen molar-refractivity contribution in [2.75, 3.05) is 45.8 Å². The van der Waals surface area contributed by atoms with Gasteiger partial charge in [0.15, 0.2) is 12.6 Å². The lowest BCUT2D eigenvalue weighted by Gasteiger charge is -2.33. The van der Waals surface area contributed by atoms with Crippen LogP contribution in [0.15, 0.2) is 30.5 Å². The third-order valence-electron chi connectivity index (χ3n) is 8.09. The highest BCUT2D eigenvalue weighted by atomic mass is 35.5. The van der Waals surface area contributed by atoms with Crippen LogP contribution in [0, 0.1) is 23.5 Å². The standard InChI is InChI=1S/C30H31ClF2N4O4/c1-4-20-23(32)6-5-17-9-19(40-14-38-2)10-21(25(17)20)27-26(33)28-22(11-34-27)29(36-30(31)35-28)37-12-16-7-18(13-37)24(8-16)41-15-39-3/h5-6,9-11,16,18,24H,4,7-8,12-15H2,1-3H3. The highest BCUT2D eigenvalue weighted by molar-refractivity contribution is 6.28. The van der Waals surface area contributed by atoms with E-state index >= 15 is 4.39 Å². The number of ether oxygens (including phenoxy) is 4. The Kier molecular flexibility index (Phi) is 7.91. The van der Waals surface area contributed by atoms with Crippen LogP contribution < -0.4 is 9.64 Å². The smallest absolute Gasteiger partial charge is 0.225 e. The van der Waals surface area contributed by atoms with Gasteiger partial charge in [-0.25, -0.2) is 13.8 Å². The van der Waals surface area contributed by atoms with Crippen molar-refractivity contribution in [3.05, 3.63) is 52.9 Å². The predicted octanol–water partition coefficient (Wildman–Crippen LogP) is 6.16. The molecule has 0 radical (unpaired) electrons. The quantitative estimate of drug-likeness (QED) is 0.171. The van der Waals surface area contributed by atoms with E-state index in [0.717, 1.165) is 19.4 Å². The van der Waals surface area contributed by atoms with Crippen molar-refractivity contribution in [3.63, 3.8) is 0 Å². The lowest BCUT2D eigenvalue weighted by Crippen LogP contribution is -2.39. The van der Waals surface area contributed by atoms with Crippen LogP contribution in [-0.2, 0) is 20.6 Å². The minimum absolute atomic E-state index is 0.00177. The Hall–Kier alpha value is -3.18. The van der Waals surface area contributed by atoms with Gasteiger partial charge in [0.2, 0.25) is 5.28 Å². The maximum atomic E-state index is 16.5. The van der Waals surface area contributed by atoms with Gasteiger partial charge >= 0.3 is 0 Å². The highest BCUT2D eigenvalue weighted by Crippen LogP contribution is 2.43. The Balaban J connectivity index is 1.47. The number of hydrogen-bond donors (Lipinski definition) is 0. The largest absolute Gasteiger partial charge is 0.468 e. The first-order chi connectivity index (χ1) is 19.9. The third kappa shape index (κ3) is 5.18. The van der Waals surface area contributed by atoms with E-state index in [4.69, 9.17) is 30.5 Å². The minimum atomic E-state index is -0.661. The number of benzene rings is 2. The molecule has 2 bridgehead atoms. The Bertz CT molecular complexity index is 1610. The van der Waals surface area contributed by atoms with E-state index in [2.05, 4.69) is 19.9 Å². The van der Waals surface area contributed by atoms with E-state index in [9.17, 15) is 4.39 Å². The number of anilines is 1. The van der Waals surface area contributed by atoms with Gasteiger partial charge in [-0.1, -0.05) is 13.0 Å². The van der Waals surface area contributed by atoms with Crippen molar-refractivity contribution >= 4 is 39.1 Å². The molecule has 11 heteroatoms. The second-order valence-electron chi connectivity index (χ2n) is 10.6. The molecule has 1 aliphatic carbocycles. The van der Waals surface area contributed by atoms with Gasteiger partial charge in [0.05, 0.1) is 11.5 Å². The first-order valence-corrected chi connectivity index (χ1v) is 14.0. The van der Waals surface area contributed by atoms with E-state index in [-0.39, 0.29) is 42.0 Å². The first-order valence-electron chi connectivity index (χ1n) is 13.7. The van der Waals surface area contributed by atoms with Crippen LogP contribution in [0.2, 0.25) is 5.28 Å². The fourth-order valence-electron chi connectivity index (χ4n) is 6.41. The fraction of sp³-hybridized carbons (Fsp3) is 0.433. The van der Waals surface area contributed by atoms with Gasteiger partial charge in [0.1, 0.15) is 35.4 Å². The van der Waals surface area contributed by atoms with E-state index in [1.165, 1.54) is 13.2 Å². The Morgan fingerprint density at radius 3 is 2.66 bits per heavy atom. The zero-order valence-corrected chi connectivity index (χ0v) is 23.9. The van der Waals surface area contributed by atoms with Gasteiger partial charge in [-0.05, 0) is 71.3 Å². The Labute approximate surface area is 241 Å². The summed E-state index contributed by atoms with van der Waals surface area (Å²) < 4.78 is 53.2. The van der Waals surface area contributed by atoms with Crippen LogP contribution in [0.5, 0.6) is 5.75 Å². The number of aromatic nitrogens is 3. The summed E-state index contributed by atoms with van der Waals surface area (Å²) in [5, 5.41) is 1.67. The van der Waals surface area contributed by atoms with Gasteiger partial charge in [-0.2, -0.15) is 4.98 Å². The molecular weight excluding hydrogens is 554 g/mol. The summed E-state index contributed by atoms with van der Waals surface area (Å²) in [5.41, 5.74) is 0.946. The van der Waals surface area contributed by atoms with E-state index in [1.807, 2.05) is 6.92 Å². The summed E-state index contributed by atoms with van der Waals surface area (Å²) in [4.78, 5) is 15.5. The number of pyridine rings is 1. The molecule has 0 amide bonds. The zero-order valence-electron chi connectivity index (χ0n) is 23.1. The first kappa shape index (κ1) is 28.0. The molecule has 0 spiro atoms. The van der Waals surface area contributed by atoms with E-state index in [1.54, 1.807) is 31.5 Å². The predicted molar refractivity (Wildman–Crippen MR) is 152 cm³/mol. The van der Waals surface area contributed by atoms with E-state index in [0.29, 0.717) is 63.7 Å². The van der Waals surface area contributed by atoms with Crippen LogP contribution in [0.3, 0.4) is 0 Å². The summed E-state index contributed by atoms with van der Waals surface area (Å²) in [5.74, 6) is 0.675. The highest BCUT2D eigenvalue weighted by Gasteiger charge is 2.41. The van der Waals surface area contributed by atoms with Crippen LogP contribution in [0.25, 0.3) is 32.9 Å². The van der Waals surface area contributed by atoms with Crippen molar-refractivity contribution in [1.82, 2.24) is 15.0 Å². The number of nitrogens with zero attached hydrogens (tertiary/aromatic N) is 4. The number of rotatable bonds is 9. The molecule has 3 atom stereocenters. The molecule has 2 aromatic carbocycles. The van der Waals surface area contributed by atoms with Crippen LogP contribution in [0.4, 0.5) is 14.6 Å². The molecule has 3 heterocycles. The molecule has 2 aromatic heterocycles. The number of hydrogen-bond acceptors (Lipinski definition) is 8. The molecule has 4 aromatic rings. The maximum Gasteiger partial charge on any atom is 0.225 e. The van der Waals surface area contributed by atoms with Crippen LogP contribution in [0.1, 0.15) is 25.3 Å². The van der Waals surface area contributed by atoms with Gasteiger partial charge in [-0.15, -0.1) is 0 Å². The maximum absolute atomic E-state index is 16.5. The normalized spacial score (nSPS) is 20.3. The molecule has 2 aliphatic rings. The zero-order chi connectivity index (χ0) is 28.7. The molecule has 216 valence electrons. The molecule has 1 aliphatic heterocycles. The van der Waals surface area contributed by atoms with Gasteiger partial charge < -0.3 is 23.8 Å². The van der Waals surface area contributed by atoms with Gasteiger partial charge in [0.25, 0.3) is 0 Å². The van der Waals surface area contributed by atoms with E-state index < -0.39 is 5.82 Å². The Morgan fingerprint density at radius 2 is 1.88 bits per heavy atom. The minimum Gasteiger partial charge on any atom is -0.468 e. The molecule has 1 saturated heterocycles. The molecule has 2 fully saturated rings. The van der Waals surface area contributed by atoms with Crippen molar-refractivity contribution < 1.29 is 27.7 Å². The summed E-state index contributed by atoms with van der Waals surface area (Å²) in [6.07, 6.45) is 4.08. The molecule has 8 nitrogen and oxygen atoms in total. The summed E-state index contributed by atoms with van der Waals surface area (Å²) in [6, 6.07) is 6.49. The number of methoxy groups -OCH3 is 2. The summed E-state index contributed by atoms with van der Waals surface area (Å²) >= 11 is 6.38. The lowest BCUT2D eigenvalue weighted by atomic mass is 9.94. The molecular formula is C30H31ClF2N4O4. The fourth-order valence-corrected chi connectivity index (χ4v) is 6.58. The third-order valence-corrected chi connectivity index (χ3v) is 8.26. The van der Waals surface area contributed by atoms with Crippen molar-refractivity contribution in [2.45, 2.75) is 32.3 Å².